The molecule has 0 fully saturated rings. The third kappa shape index (κ3) is 4.74. The number of amides is 1. The van der Waals surface area contributed by atoms with Gasteiger partial charge in [0.25, 0.3) is 0 Å². The molecule has 0 spiro atoms. The van der Waals surface area contributed by atoms with E-state index in [1.807, 2.05) is 0 Å². The van der Waals surface area contributed by atoms with Gasteiger partial charge in [0, 0.05) is 7.05 Å². The molecule has 1 amide bonds. The van der Waals surface area contributed by atoms with Crippen molar-refractivity contribution in [1.82, 2.24) is 4.90 Å². The molecule has 0 heterocycles. The van der Waals surface area contributed by atoms with Crippen LogP contribution in [0.1, 0.15) is 38.0 Å². The van der Waals surface area contributed by atoms with Crippen molar-refractivity contribution in [3.05, 3.63) is 29.3 Å². The molecular formula is C15H23NO4. The average molecular weight is 281 g/mol. The van der Waals surface area contributed by atoms with Gasteiger partial charge in [0.2, 0.25) is 0 Å². The zero-order chi connectivity index (χ0) is 15.5. The summed E-state index contributed by atoms with van der Waals surface area (Å²) in [5.74, 6) is 0.182. The Hall–Kier alpha value is -1.75. The van der Waals surface area contributed by atoms with E-state index < -0.39 is 17.8 Å². The predicted octanol–water partition coefficient (Wildman–Crippen LogP) is 2.60. The van der Waals surface area contributed by atoms with Gasteiger partial charge in [-0.2, -0.15) is 0 Å². The number of hydrogen-bond donors (Lipinski definition) is 2. The van der Waals surface area contributed by atoms with Crippen LogP contribution in [0.15, 0.2) is 18.2 Å². The van der Waals surface area contributed by atoms with E-state index in [-0.39, 0.29) is 12.3 Å². The summed E-state index contributed by atoms with van der Waals surface area (Å²) in [4.78, 5) is 13.1. The first-order valence-electron chi connectivity index (χ1n) is 6.52. The van der Waals surface area contributed by atoms with Crippen LogP contribution in [-0.4, -0.2) is 40.4 Å². The smallest absolute Gasteiger partial charge is 0.410 e. The fourth-order valence-corrected chi connectivity index (χ4v) is 1.67. The maximum Gasteiger partial charge on any atom is 0.410 e. The Morgan fingerprint density at radius 1 is 1.40 bits per heavy atom. The number of carbonyl (C=O) groups is 1. The van der Waals surface area contributed by atoms with Gasteiger partial charge < -0.3 is 19.8 Å². The van der Waals surface area contributed by atoms with E-state index >= 15 is 0 Å². The van der Waals surface area contributed by atoms with Crippen LogP contribution in [-0.2, 0) is 4.74 Å². The van der Waals surface area contributed by atoms with Crippen LogP contribution in [0.2, 0.25) is 0 Å². The number of benzene rings is 1. The maximum atomic E-state index is 11.8. The number of nitrogens with zero attached hydrogens (tertiary/aromatic N) is 1. The van der Waals surface area contributed by atoms with E-state index in [1.165, 1.54) is 11.0 Å². The summed E-state index contributed by atoms with van der Waals surface area (Å²) in [6, 6.07) is 4.86. The van der Waals surface area contributed by atoms with Gasteiger partial charge in [-0.15, -0.1) is 0 Å². The first-order valence-corrected chi connectivity index (χ1v) is 6.52. The molecule has 1 rings (SSSR count). The highest BCUT2D eigenvalue weighted by Crippen LogP contribution is 2.22. The molecule has 20 heavy (non-hydrogen) atoms. The summed E-state index contributed by atoms with van der Waals surface area (Å²) in [5, 5.41) is 19.6. The Morgan fingerprint density at radius 3 is 2.50 bits per heavy atom. The Bertz CT molecular complexity index is 479. The Balaban J connectivity index is 2.67. The lowest BCUT2D eigenvalue weighted by Crippen LogP contribution is -2.36. The summed E-state index contributed by atoms with van der Waals surface area (Å²) in [7, 11) is 1.57. The summed E-state index contributed by atoms with van der Waals surface area (Å²) in [5.41, 5.74) is 0.767. The topological polar surface area (TPSA) is 70.0 Å². The molecule has 0 aromatic heterocycles. The van der Waals surface area contributed by atoms with Crippen molar-refractivity contribution >= 4 is 6.09 Å². The van der Waals surface area contributed by atoms with Crippen molar-refractivity contribution < 1.29 is 19.7 Å². The molecule has 0 saturated heterocycles. The van der Waals surface area contributed by atoms with Gasteiger partial charge in [-0.25, -0.2) is 4.79 Å². The first-order chi connectivity index (χ1) is 9.10. The van der Waals surface area contributed by atoms with Crippen molar-refractivity contribution in [3.63, 3.8) is 0 Å². The number of hydrogen-bond acceptors (Lipinski definition) is 4. The van der Waals surface area contributed by atoms with E-state index in [0.717, 1.165) is 0 Å². The molecule has 0 bridgehead atoms. The molecule has 1 unspecified atom stereocenters. The Morgan fingerprint density at radius 2 is 2.00 bits per heavy atom. The fraction of sp³-hybridized carbons (Fsp3) is 0.533. The lowest BCUT2D eigenvalue weighted by Gasteiger charge is -2.26. The van der Waals surface area contributed by atoms with Crippen molar-refractivity contribution in [2.24, 2.45) is 0 Å². The minimum absolute atomic E-state index is 0.124. The molecular weight excluding hydrogens is 258 g/mol. The van der Waals surface area contributed by atoms with Crippen LogP contribution < -0.4 is 0 Å². The minimum Gasteiger partial charge on any atom is -0.508 e. The molecule has 1 atom stereocenters. The normalized spacial score (nSPS) is 12.9. The van der Waals surface area contributed by atoms with Gasteiger partial charge in [-0.1, -0.05) is 6.07 Å². The molecule has 1 aromatic rings. The molecule has 0 saturated carbocycles. The Labute approximate surface area is 119 Å². The van der Waals surface area contributed by atoms with E-state index in [4.69, 9.17) is 4.74 Å². The van der Waals surface area contributed by atoms with Crippen molar-refractivity contribution in [1.29, 1.82) is 0 Å². The second-order valence-corrected chi connectivity index (χ2v) is 5.92. The number of carbonyl (C=O) groups excluding carboxylic acids is 1. The van der Waals surface area contributed by atoms with E-state index in [1.54, 1.807) is 46.9 Å². The average Bonchev–Trinajstić information content (AvgIpc) is 2.30. The standard InChI is InChI=1S/C15H23NO4/c1-10-8-11(6-7-12(10)17)13(18)9-16(5)14(19)20-15(2,3)4/h6-8,13,17-18H,9H2,1-5H3. The van der Waals surface area contributed by atoms with Gasteiger partial charge in [0.05, 0.1) is 12.6 Å². The van der Waals surface area contributed by atoms with Crippen LogP contribution >= 0.6 is 0 Å². The Kier molecular flexibility index (Phi) is 5.00. The molecule has 0 radical (unpaired) electrons. The largest absolute Gasteiger partial charge is 0.508 e. The SMILES string of the molecule is Cc1cc(C(O)CN(C)C(=O)OC(C)(C)C)ccc1O. The van der Waals surface area contributed by atoms with E-state index in [9.17, 15) is 15.0 Å². The van der Waals surface area contributed by atoms with Gasteiger partial charge in [-0.3, -0.25) is 0 Å². The fourth-order valence-electron chi connectivity index (χ4n) is 1.67. The molecule has 5 nitrogen and oxygen atoms in total. The number of phenolic OH excluding ortho intramolecular Hbond substituents is 1. The number of aliphatic hydroxyl groups is 1. The molecule has 112 valence electrons. The maximum absolute atomic E-state index is 11.8. The number of rotatable bonds is 3. The molecule has 1 aromatic carbocycles. The lowest BCUT2D eigenvalue weighted by atomic mass is 10.1. The van der Waals surface area contributed by atoms with E-state index in [0.29, 0.717) is 11.1 Å². The van der Waals surface area contributed by atoms with Crippen molar-refractivity contribution in [2.45, 2.75) is 39.4 Å². The first kappa shape index (κ1) is 16.3. The van der Waals surface area contributed by atoms with Crippen LogP contribution in [0.4, 0.5) is 4.79 Å². The van der Waals surface area contributed by atoms with Gasteiger partial charge >= 0.3 is 6.09 Å². The third-order valence-corrected chi connectivity index (χ3v) is 2.76. The number of phenols is 1. The second-order valence-electron chi connectivity index (χ2n) is 5.92. The zero-order valence-corrected chi connectivity index (χ0v) is 12.7. The van der Waals surface area contributed by atoms with E-state index in [2.05, 4.69) is 0 Å². The second kappa shape index (κ2) is 6.13. The molecule has 0 aliphatic carbocycles. The minimum atomic E-state index is -0.827. The number of aryl methyl sites for hydroxylation is 1. The van der Waals surface area contributed by atoms with Crippen molar-refractivity contribution in [3.8, 4) is 5.75 Å². The number of ether oxygens (including phenoxy) is 1. The summed E-state index contributed by atoms with van der Waals surface area (Å²) in [6.45, 7) is 7.25. The lowest BCUT2D eigenvalue weighted by molar-refractivity contribution is 0.0205. The quantitative estimate of drug-likeness (QED) is 0.893. The zero-order valence-electron chi connectivity index (χ0n) is 12.7. The highest BCUT2D eigenvalue weighted by molar-refractivity contribution is 5.67. The van der Waals surface area contributed by atoms with Crippen LogP contribution in [0.5, 0.6) is 5.75 Å². The highest BCUT2D eigenvalue weighted by Gasteiger charge is 2.21. The summed E-state index contributed by atoms with van der Waals surface area (Å²) >= 11 is 0. The van der Waals surface area contributed by atoms with Gasteiger partial charge in [0.15, 0.2) is 0 Å². The number of aliphatic hydroxyl groups excluding tert-OH is 1. The van der Waals surface area contributed by atoms with Gasteiger partial charge in [-0.05, 0) is 51.0 Å². The summed E-state index contributed by atoms with van der Waals surface area (Å²) < 4.78 is 5.21. The molecule has 0 aliphatic heterocycles. The van der Waals surface area contributed by atoms with Crippen molar-refractivity contribution in [2.75, 3.05) is 13.6 Å². The van der Waals surface area contributed by atoms with Crippen LogP contribution in [0.3, 0.4) is 0 Å². The molecule has 2 N–H and O–H groups in total. The summed E-state index contributed by atoms with van der Waals surface area (Å²) in [6.07, 6.45) is -1.31. The predicted molar refractivity (Wildman–Crippen MR) is 76.7 cm³/mol. The highest BCUT2D eigenvalue weighted by atomic mass is 16.6. The number of aromatic hydroxyl groups is 1. The van der Waals surface area contributed by atoms with Crippen LogP contribution in [0.25, 0.3) is 0 Å². The number of likely N-dealkylation sites (N-methyl/N-ethyl adjacent to an activating group) is 1. The third-order valence-electron chi connectivity index (χ3n) is 2.76. The van der Waals surface area contributed by atoms with Gasteiger partial charge in [0.1, 0.15) is 11.4 Å². The molecule has 0 aliphatic rings. The van der Waals surface area contributed by atoms with Crippen LogP contribution in [0, 0.1) is 6.92 Å². The monoisotopic (exact) mass is 281 g/mol. The molecule has 5 heteroatoms.